The predicted octanol–water partition coefficient (Wildman–Crippen LogP) is 8.93. The third-order valence-electron chi connectivity index (χ3n) is 7.71. The van der Waals surface area contributed by atoms with Crippen molar-refractivity contribution in [2.24, 2.45) is 0 Å². The zero-order chi connectivity index (χ0) is 34.1. The fraction of sp³-hybridized carbons (Fsp3) is 0.257. The first-order valence-corrected chi connectivity index (χ1v) is 14.5. The first kappa shape index (κ1) is 33.5. The number of benzene rings is 4. The summed E-state index contributed by atoms with van der Waals surface area (Å²) in [5.41, 5.74) is 1.64. The molecule has 5 rings (SSSR count). The quantitative estimate of drug-likeness (QED) is 0.0936. The number of para-hydroxylation sites is 2. The highest BCUT2D eigenvalue weighted by molar-refractivity contribution is 6.18. The van der Waals surface area contributed by atoms with Crippen molar-refractivity contribution in [2.75, 3.05) is 13.2 Å². The summed E-state index contributed by atoms with van der Waals surface area (Å²) in [7, 11) is 0. The second-order valence-corrected chi connectivity index (χ2v) is 10.9. The Labute approximate surface area is 264 Å². The van der Waals surface area contributed by atoms with Crippen molar-refractivity contribution in [3.63, 3.8) is 0 Å². The molecule has 0 fully saturated rings. The Hall–Kier alpha value is -4.87. The number of ketones is 2. The van der Waals surface area contributed by atoms with E-state index in [1.807, 2.05) is 11.5 Å². The number of ether oxygens (including phenoxy) is 2. The highest BCUT2D eigenvalue weighted by Crippen LogP contribution is 2.34. The maximum absolute atomic E-state index is 13.9. The van der Waals surface area contributed by atoms with Gasteiger partial charge in [-0.05, 0) is 74.5 Å². The maximum atomic E-state index is 13.9. The summed E-state index contributed by atoms with van der Waals surface area (Å²) < 4.78 is 106. The van der Waals surface area contributed by atoms with Crippen LogP contribution in [0, 0.1) is 0 Å². The van der Waals surface area contributed by atoms with Crippen LogP contribution < -0.4 is 9.47 Å². The van der Waals surface area contributed by atoms with E-state index in [2.05, 4.69) is 0 Å². The average molecular weight is 660 g/mol. The maximum Gasteiger partial charge on any atom is 0.340 e. The van der Waals surface area contributed by atoms with E-state index < -0.39 is 49.2 Å². The van der Waals surface area contributed by atoms with Crippen LogP contribution in [-0.2, 0) is 6.54 Å². The summed E-state index contributed by atoms with van der Waals surface area (Å²) in [5.74, 6) is -9.78. The smallest absolute Gasteiger partial charge is 0.340 e. The van der Waals surface area contributed by atoms with Gasteiger partial charge in [-0.1, -0.05) is 24.3 Å². The van der Waals surface area contributed by atoms with Crippen LogP contribution in [0.5, 0.6) is 11.5 Å². The molecular formula is C35H28F7NO4. The fourth-order valence-corrected chi connectivity index (χ4v) is 5.12. The van der Waals surface area contributed by atoms with Gasteiger partial charge in [0, 0.05) is 39.5 Å². The van der Waals surface area contributed by atoms with Gasteiger partial charge in [-0.25, -0.2) is 13.2 Å². The number of nitrogens with zero attached hydrogens (tertiary/aromatic N) is 1. The van der Waals surface area contributed by atoms with E-state index in [1.54, 1.807) is 30.3 Å². The van der Waals surface area contributed by atoms with Crippen LogP contribution in [0.25, 0.3) is 21.8 Å². The molecule has 47 heavy (non-hydrogen) atoms. The normalized spacial score (nSPS) is 12.9. The lowest BCUT2D eigenvalue weighted by Gasteiger charge is -2.19. The number of carbonyl (C=O) groups excluding carboxylic acids is 2. The number of alkyl halides is 7. The van der Waals surface area contributed by atoms with Gasteiger partial charge in [-0.15, -0.1) is 0 Å². The summed E-state index contributed by atoms with van der Waals surface area (Å²) in [5, 5.41) is 1.16. The third-order valence-corrected chi connectivity index (χ3v) is 7.71. The zero-order valence-corrected chi connectivity index (χ0v) is 25.1. The first-order valence-electron chi connectivity index (χ1n) is 14.5. The molecule has 0 radical (unpaired) electrons. The minimum Gasteiger partial charge on any atom is -0.486 e. The Morgan fingerprint density at radius 2 is 1.11 bits per heavy atom. The number of aryl methyl sites for hydroxylation is 1. The number of rotatable bonds is 13. The van der Waals surface area contributed by atoms with Crippen LogP contribution in [0.4, 0.5) is 30.7 Å². The van der Waals surface area contributed by atoms with Crippen LogP contribution in [-0.4, -0.2) is 53.8 Å². The minimum absolute atomic E-state index is 0.0155. The Kier molecular flexibility index (Phi) is 9.33. The summed E-state index contributed by atoms with van der Waals surface area (Å²) >= 11 is 0. The van der Waals surface area contributed by atoms with Crippen LogP contribution in [0.3, 0.4) is 0 Å². The highest BCUT2D eigenvalue weighted by Gasteiger charge is 2.42. The molecule has 1 heterocycles. The van der Waals surface area contributed by atoms with E-state index in [0.717, 1.165) is 11.0 Å². The lowest BCUT2D eigenvalue weighted by Crippen LogP contribution is -2.34. The number of halogens is 7. The number of fused-ring (bicyclic) bond motifs is 3. The summed E-state index contributed by atoms with van der Waals surface area (Å²) in [6, 6.07) is 20.9. The van der Waals surface area contributed by atoms with Crippen molar-refractivity contribution in [2.45, 2.75) is 44.8 Å². The molecule has 0 N–H and O–H groups in total. The third kappa shape index (κ3) is 6.68. The first-order chi connectivity index (χ1) is 22.2. The number of hydrogen-bond donors (Lipinski definition) is 0. The highest BCUT2D eigenvalue weighted by atomic mass is 19.3. The molecule has 1 atom stereocenters. The van der Waals surface area contributed by atoms with Gasteiger partial charge in [0.15, 0.2) is 31.0 Å². The molecule has 1 aromatic heterocycles. The van der Waals surface area contributed by atoms with Gasteiger partial charge in [0.05, 0.1) is 11.1 Å². The van der Waals surface area contributed by atoms with Crippen molar-refractivity contribution >= 4 is 33.4 Å². The van der Waals surface area contributed by atoms with Crippen LogP contribution in [0.15, 0.2) is 84.9 Å². The van der Waals surface area contributed by atoms with Gasteiger partial charge in [-0.3, -0.25) is 9.59 Å². The van der Waals surface area contributed by atoms with E-state index in [1.165, 1.54) is 54.6 Å². The lowest BCUT2D eigenvalue weighted by atomic mass is 9.98. The topological polar surface area (TPSA) is 57.5 Å². The molecule has 0 aliphatic carbocycles. The number of carbonyl (C=O) groups is 2. The molecular weight excluding hydrogens is 631 g/mol. The van der Waals surface area contributed by atoms with Gasteiger partial charge in [-0.2, -0.15) is 17.6 Å². The van der Waals surface area contributed by atoms with E-state index in [9.17, 15) is 40.3 Å². The van der Waals surface area contributed by atoms with Crippen molar-refractivity contribution < 1.29 is 49.8 Å². The second kappa shape index (κ2) is 13.1. The largest absolute Gasteiger partial charge is 0.486 e. The molecule has 0 bridgehead atoms. The Bertz CT molecular complexity index is 1810. The second-order valence-electron chi connectivity index (χ2n) is 10.9. The summed E-state index contributed by atoms with van der Waals surface area (Å²) in [6.45, 7) is 0.249. The standard InChI is InChI=1S/C35H28F7NO4/c1-3-43-27-14-12-21(31(44)23-8-4-6-10-29(23)46-18-34(39,40)20(2)36)16-25(27)26-17-22(13-15-28(26)43)32(45)24-9-5-7-11-30(24)47-19-35(41,42)33(37)38/h4-17,20,33H,3,18-19H2,1-2H3. The van der Waals surface area contributed by atoms with Crippen LogP contribution in [0.1, 0.15) is 45.7 Å². The van der Waals surface area contributed by atoms with Crippen molar-refractivity contribution in [3.05, 3.63) is 107 Å². The minimum atomic E-state index is -4.42. The molecule has 0 spiro atoms. The molecule has 4 aromatic carbocycles. The van der Waals surface area contributed by atoms with Gasteiger partial charge >= 0.3 is 18.3 Å². The van der Waals surface area contributed by atoms with E-state index in [-0.39, 0.29) is 33.8 Å². The van der Waals surface area contributed by atoms with Gasteiger partial charge in [0.2, 0.25) is 0 Å². The number of hydrogen-bond acceptors (Lipinski definition) is 4. The monoisotopic (exact) mass is 659 g/mol. The Morgan fingerprint density at radius 1 is 0.681 bits per heavy atom. The number of aromatic nitrogens is 1. The molecule has 0 amide bonds. The van der Waals surface area contributed by atoms with Crippen molar-refractivity contribution in [1.82, 2.24) is 4.57 Å². The fourth-order valence-electron chi connectivity index (χ4n) is 5.12. The average Bonchev–Trinajstić information content (AvgIpc) is 3.38. The molecule has 0 aliphatic heterocycles. The summed E-state index contributed by atoms with van der Waals surface area (Å²) in [6.07, 6.45) is -6.41. The molecule has 0 saturated carbocycles. The SMILES string of the molecule is CCn1c2ccc(C(=O)c3ccccc3OCC(F)(F)C(C)F)cc2c2cc(C(=O)c3ccccc3OCC(F)(F)C(F)F)ccc21. The van der Waals surface area contributed by atoms with Gasteiger partial charge < -0.3 is 14.0 Å². The molecule has 5 nitrogen and oxygen atoms in total. The molecule has 5 aromatic rings. The van der Waals surface area contributed by atoms with Crippen LogP contribution >= 0.6 is 0 Å². The zero-order valence-electron chi connectivity index (χ0n) is 25.1. The molecule has 246 valence electrons. The molecule has 0 aliphatic rings. The van der Waals surface area contributed by atoms with E-state index in [0.29, 0.717) is 24.2 Å². The Balaban J connectivity index is 1.52. The van der Waals surface area contributed by atoms with E-state index >= 15 is 0 Å². The molecule has 1 unspecified atom stereocenters. The molecule has 0 saturated heterocycles. The van der Waals surface area contributed by atoms with Crippen LogP contribution in [0.2, 0.25) is 0 Å². The van der Waals surface area contributed by atoms with E-state index in [4.69, 9.17) is 9.47 Å². The Morgan fingerprint density at radius 3 is 1.51 bits per heavy atom. The van der Waals surface area contributed by atoms with Crippen molar-refractivity contribution in [1.29, 1.82) is 0 Å². The van der Waals surface area contributed by atoms with Gasteiger partial charge in [0.25, 0.3) is 0 Å². The molecule has 12 heteroatoms. The van der Waals surface area contributed by atoms with Crippen molar-refractivity contribution in [3.8, 4) is 11.5 Å². The summed E-state index contributed by atoms with van der Waals surface area (Å²) in [4.78, 5) is 27.2. The lowest BCUT2D eigenvalue weighted by molar-refractivity contribution is -0.148. The predicted molar refractivity (Wildman–Crippen MR) is 162 cm³/mol. The van der Waals surface area contributed by atoms with Gasteiger partial charge in [0.1, 0.15) is 11.5 Å².